The predicted molar refractivity (Wildman–Crippen MR) is 90.0 cm³/mol. The van der Waals surface area contributed by atoms with E-state index in [9.17, 15) is 14.9 Å². The molecular weight excluding hydrogens is 328 g/mol. The van der Waals surface area contributed by atoms with Gasteiger partial charge in [-0.15, -0.1) is 0 Å². The fraction of sp³-hybridized carbons (Fsp3) is 0.267. The summed E-state index contributed by atoms with van der Waals surface area (Å²) in [4.78, 5) is 31.1. The van der Waals surface area contributed by atoms with Gasteiger partial charge in [0.05, 0.1) is 4.92 Å². The molecular formula is C15H16N6O4. The Balaban J connectivity index is 1.78. The van der Waals surface area contributed by atoms with Crippen molar-refractivity contribution in [2.45, 2.75) is 12.5 Å². The molecule has 1 atom stereocenters. The highest BCUT2D eigenvalue weighted by Crippen LogP contribution is 2.27. The van der Waals surface area contributed by atoms with E-state index < -0.39 is 11.0 Å². The number of pyridine rings is 2. The molecule has 1 amide bonds. The maximum Gasteiger partial charge on any atom is 0.407 e. The van der Waals surface area contributed by atoms with Crippen LogP contribution in [0.5, 0.6) is 0 Å². The Morgan fingerprint density at radius 1 is 1.32 bits per heavy atom. The van der Waals surface area contributed by atoms with E-state index in [1.807, 2.05) is 0 Å². The minimum atomic E-state index is -0.957. The maximum atomic E-state index is 11.2. The van der Waals surface area contributed by atoms with Gasteiger partial charge in [-0.05, 0) is 24.6 Å². The summed E-state index contributed by atoms with van der Waals surface area (Å²) in [5.41, 5.74) is 0.474. The molecule has 2 aromatic rings. The van der Waals surface area contributed by atoms with E-state index in [-0.39, 0.29) is 17.5 Å². The van der Waals surface area contributed by atoms with Crippen molar-refractivity contribution in [2.24, 2.45) is 0 Å². The lowest BCUT2D eigenvalue weighted by molar-refractivity contribution is -0.384. The lowest BCUT2D eigenvalue weighted by atomic mass is 10.2. The molecule has 0 aliphatic carbocycles. The Hall–Kier alpha value is -3.43. The number of nitro groups is 1. The van der Waals surface area contributed by atoms with Gasteiger partial charge in [-0.25, -0.2) is 9.78 Å². The standard InChI is InChI=1S/C15H16N6O4/c22-15(23)20-8-5-11(9-20)17-13-2-1-12(21(24)25)14(19-13)18-10-3-6-16-7-4-10/h1-4,6-7,11H,5,8-9H2,(H,22,23)(H2,16,17,18,19)/t11-/m0/s1. The number of amides is 1. The normalized spacial score (nSPS) is 16.5. The van der Waals surface area contributed by atoms with Crippen molar-refractivity contribution in [3.63, 3.8) is 0 Å². The number of carbonyl (C=O) groups is 1. The predicted octanol–water partition coefficient (Wildman–Crippen LogP) is 2.29. The molecule has 0 aromatic carbocycles. The number of aromatic nitrogens is 2. The molecule has 0 radical (unpaired) electrons. The molecule has 0 spiro atoms. The van der Waals surface area contributed by atoms with Crippen LogP contribution in [0.4, 0.5) is 27.8 Å². The van der Waals surface area contributed by atoms with Crippen LogP contribution >= 0.6 is 0 Å². The molecule has 25 heavy (non-hydrogen) atoms. The van der Waals surface area contributed by atoms with E-state index in [1.165, 1.54) is 17.0 Å². The van der Waals surface area contributed by atoms with Crippen LogP contribution in [0.1, 0.15) is 6.42 Å². The average molecular weight is 344 g/mol. The molecule has 130 valence electrons. The Morgan fingerprint density at radius 2 is 2.08 bits per heavy atom. The molecule has 2 aromatic heterocycles. The molecule has 0 unspecified atom stereocenters. The number of nitrogens with one attached hydrogen (secondary N) is 2. The number of likely N-dealkylation sites (tertiary alicyclic amines) is 1. The highest BCUT2D eigenvalue weighted by molar-refractivity contribution is 5.68. The third-order valence-corrected chi connectivity index (χ3v) is 3.82. The number of anilines is 3. The first-order valence-corrected chi connectivity index (χ1v) is 7.60. The van der Waals surface area contributed by atoms with Gasteiger partial charge in [0, 0.05) is 43.3 Å². The quantitative estimate of drug-likeness (QED) is 0.555. The number of hydrogen-bond donors (Lipinski definition) is 3. The van der Waals surface area contributed by atoms with Gasteiger partial charge in [0.2, 0.25) is 5.82 Å². The van der Waals surface area contributed by atoms with Crippen molar-refractivity contribution in [3.05, 3.63) is 46.8 Å². The summed E-state index contributed by atoms with van der Waals surface area (Å²) in [5, 5.41) is 26.2. The molecule has 10 heteroatoms. The van der Waals surface area contributed by atoms with E-state index >= 15 is 0 Å². The lowest BCUT2D eigenvalue weighted by Crippen LogP contribution is -2.30. The number of nitrogens with zero attached hydrogens (tertiary/aromatic N) is 4. The zero-order chi connectivity index (χ0) is 17.8. The second-order valence-corrected chi connectivity index (χ2v) is 5.54. The number of hydrogen-bond acceptors (Lipinski definition) is 7. The van der Waals surface area contributed by atoms with Crippen LogP contribution < -0.4 is 10.6 Å². The Morgan fingerprint density at radius 3 is 2.72 bits per heavy atom. The Kier molecular flexibility index (Phi) is 4.59. The lowest BCUT2D eigenvalue weighted by Gasteiger charge is -2.15. The van der Waals surface area contributed by atoms with Gasteiger partial charge in [-0.2, -0.15) is 0 Å². The molecule has 1 saturated heterocycles. The van der Waals surface area contributed by atoms with Gasteiger partial charge in [0.15, 0.2) is 0 Å². The van der Waals surface area contributed by atoms with Crippen LogP contribution in [0.25, 0.3) is 0 Å². The summed E-state index contributed by atoms with van der Waals surface area (Å²) < 4.78 is 0. The van der Waals surface area contributed by atoms with Crippen molar-refractivity contribution >= 4 is 29.1 Å². The molecule has 10 nitrogen and oxygen atoms in total. The van der Waals surface area contributed by atoms with Crippen molar-refractivity contribution in [3.8, 4) is 0 Å². The highest BCUT2D eigenvalue weighted by Gasteiger charge is 2.26. The second kappa shape index (κ2) is 6.99. The van der Waals surface area contributed by atoms with Crippen molar-refractivity contribution in [2.75, 3.05) is 23.7 Å². The van der Waals surface area contributed by atoms with E-state index in [0.717, 1.165) is 0 Å². The van der Waals surface area contributed by atoms with Crippen LogP contribution in [0.3, 0.4) is 0 Å². The van der Waals surface area contributed by atoms with Gasteiger partial charge in [0.1, 0.15) is 5.82 Å². The van der Waals surface area contributed by atoms with E-state index in [0.29, 0.717) is 31.0 Å². The highest BCUT2D eigenvalue weighted by atomic mass is 16.6. The Bertz CT molecular complexity index is 785. The van der Waals surface area contributed by atoms with Crippen molar-refractivity contribution < 1.29 is 14.8 Å². The number of rotatable bonds is 5. The summed E-state index contributed by atoms with van der Waals surface area (Å²) >= 11 is 0. The van der Waals surface area contributed by atoms with Gasteiger partial charge in [-0.3, -0.25) is 15.1 Å². The summed E-state index contributed by atoms with van der Waals surface area (Å²) in [6.07, 6.45) is 2.82. The summed E-state index contributed by atoms with van der Waals surface area (Å²) in [7, 11) is 0. The van der Waals surface area contributed by atoms with Gasteiger partial charge in [-0.1, -0.05) is 0 Å². The van der Waals surface area contributed by atoms with Crippen LogP contribution in [-0.2, 0) is 0 Å². The fourth-order valence-electron chi connectivity index (χ4n) is 2.60. The SMILES string of the molecule is O=C(O)N1CC[C@H](Nc2ccc([N+](=O)[O-])c(Nc3ccncc3)n2)C1. The summed E-state index contributed by atoms with van der Waals surface area (Å²) in [5.74, 6) is 0.550. The minimum absolute atomic E-state index is 0.0844. The van der Waals surface area contributed by atoms with Crippen LogP contribution in [-0.4, -0.2) is 50.1 Å². The number of carboxylic acid groups (broad SMARTS) is 1. The minimum Gasteiger partial charge on any atom is -0.465 e. The first-order chi connectivity index (χ1) is 12.0. The third kappa shape index (κ3) is 3.91. The first kappa shape index (κ1) is 16.4. The zero-order valence-electron chi connectivity index (χ0n) is 13.1. The molecule has 3 N–H and O–H groups in total. The topological polar surface area (TPSA) is 134 Å². The van der Waals surface area contributed by atoms with E-state index in [1.54, 1.807) is 24.5 Å². The van der Waals surface area contributed by atoms with E-state index in [4.69, 9.17) is 5.11 Å². The second-order valence-electron chi connectivity index (χ2n) is 5.54. The summed E-state index contributed by atoms with van der Waals surface area (Å²) in [6.45, 7) is 0.795. The fourth-order valence-corrected chi connectivity index (χ4v) is 2.60. The first-order valence-electron chi connectivity index (χ1n) is 7.60. The monoisotopic (exact) mass is 344 g/mol. The van der Waals surface area contributed by atoms with Gasteiger partial charge >= 0.3 is 11.8 Å². The Labute approximate surface area is 142 Å². The van der Waals surface area contributed by atoms with Crippen LogP contribution in [0.15, 0.2) is 36.7 Å². The van der Waals surface area contributed by atoms with Crippen molar-refractivity contribution in [1.29, 1.82) is 0 Å². The summed E-state index contributed by atoms with van der Waals surface area (Å²) in [6, 6.07) is 6.14. The molecule has 1 aliphatic rings. The molecule has 0 bridgehead atoms. The molecule has 3 heterocycles. The van der Waals surface area contributed by atoms with E-state index in [2.05, 4.69) is 20.6 Å². The van der Waals surface area contributed by atoms with Gasteiger partial charge in [0.25, 0.3) is 0 Å². The molecule has 3 rings (SSSR count). The van der Waals surface area contributed by atoms with Gasteiger partial charge < -0.3 is 20.6 Å². The van der Waals surface area contributed by atoms with Crippen LogP contribution in [0.2, 0.25) is 0 Å². The van der Waals surface area contributed by atoms with Crippen molar-refractivity contribution in [1.82, 2.24) is 14.9 Å². The van der Waals surface area contributed by atoms with Crippen LogP contribution in [0, 0.1) is 10.1 Å². The maximum absolute atomic E-state index is 11.2. The zero-order valence-corrected chi connectivity index (χ0v) is 13.1. The molecule has 0 saturated carbocycles. The average Bonchev–Trinajstić information content (AvgIpc) is 3.04. The third-order valence-electron chi connectivity index (χ3n) is 3.82. The molecule has 1 aliphatic heterocycles. The molecule has 1 fully saturated rings. The largest absolute Gasteiger partial charge is 0.465 e. The smallest absolute Gasteiger partial charge is 0.407 e.